The zero-order valence-electron chi connectivity index (χ0n) is 24.6. The van der Waals surface area contributed by atoms with Crippen molar-refractivity contribution in [3.05, 3.63) is 81.9 Å². The number of halogens is 1. The monoisotopic (exact) mass is 638 g/mol. The first-order chi connectivity index (χ1) is 21.8. The summed E-state index contributed by atoms with van der Waals surface area (Å²) in [5.41, 5.74) is 1.38. The van der Waals surface area contributed by atoms with Crippen molar-refractivity contribution >= 4 is 40.3 Å². The lowest BCUT2D eigenvalue weighted by atomic mass is 10.0. The van der Waals surface area contributed by atoms with Gasteiger partial charge in [-0.15, -0.1) is 0 Å². The summed E-state index contributed by atoms with van der Waals surface area (Å²) >= 11 is 6.07. The fraction of sp³-hybridized carbons (Fsp3) is 0.419. The number of aromatic nitrogens is 4. The molecule has 14 heteroatoms. The molecule has 2 aromatic carbocycles. The van der Waals surface area contributed by atoms with Crippen LogP contribution in [0.4, 0.5) is 11.6 Å². The van der Waals surface area contributed by atoms with E-state index in [1.54, 1.807) is 0 Å². The number of anilines is 2. The number of rotatable bonds is 10. The largest absolute Gasteiger partial charge is 0.394 e. The van der Waals surface area contributed by atoms with Crippen LogP contribution in [0.5, 0.6) is 0 Å². The smallest absolute Gasteiger partial charge is 0.280 e. The van der Waals surface area contributed by atoms with Crippen molar-refractivity contribution in [2.75, 3.05) is 36.5 Å². The number of nitrogens with one attached hydrogen (secondary N) is 2. The molecule has 238 valence electrons. The number of benzene rings is 2. The predicted octanol–water partition coefficient (Wildman–Crippen LogP) is 2.62. The molecule has 0 unspecified atom stereocenters. The minimum Gasteiger partial charge on any atom is -0.394 e. The highest BCUT2D eigenvalue weighted by molar-refractivity contribution is 6.30. The highest BCUT2D eigenvalue weighted by Crippen LogP contribution is 2.40. The summed E-state index contributed by atoms with van der Waals surface area (Å²) in [5.74, 6) is -1.48. The van der Waals surface area contributed by atoms with E-state index in [9.17, 15) is 19.8 Å². The molecule has 2 aliphatic rings. The molecular formula is C31H35ClN6O7. The lowest BCUT2D eigenvalue weighted by Gasteiger charge is -2.44. The van der Waals surface area contributed by atoms with Gasteiger partial charge in [0.15, 0.2) is 23.2 Å². The number of ether oxygens (including phenoxy) is 3. The van der Waals surface area contributed by atoms with E-state index in [1.165, 1.54) is 10.9 Å². The second kappa shape index (κ2) is 13.3. The second-order valence-electron chi connectivity index (χ2n) is 11.1. The number of carbonyl (C=O) groups is 1. The number of imidazole rings is 1. The van der Waals surface area contributed by atoms with E-state index in [4.69, 9.17) is 25.8 Å². The standard InChI is InChI=1S/C31H35ClN6O7/c1-2-43-31(12-14-37(15-13-31)21-10-8-20(32)9-11-21)45-26-25(41)22(17-39)44-29(26)38-18-33-24-27(38)35-30(36-28(24)42)34-23(40)16-19-6-4-3-5-7-19/h3-11,18,22,25-26,29,39,41H,2,12-17H2,1H3,(H2,34,35,36,40,42)/t22-,25-,26-,29-/m1/s1. The topological polar surface area (TPSA) is 164 Å². The Kier molecular flexibility index (Phi) is 9.17. The molecule has 2 fully saturated rings. The van der Waals surface area contributed by atoms with Crippen LogP contribution >= 0.6 is 11.6 Å². The molecule has 6 rings (SSSR count). The summed E-state index contributed by atoms with van der Waals surface area (Å²) in [7, 11) is 0. The Hall–Kier alpha value is -3.85. The van der Waals surface area contributed by atoms with E-state index in [2.05, 4.69) is 25.2 Å². The van der Waals surface area contributed by atoms with Crippen LogP contribution < -0.4 is 15.8 Å². The third kappa shape index (κ3) is 6.59. The average Bonchev–Trinajstić information content (AvgIpc) is 3.59. The number of aromatic amines is 1. The summed E-state index contributed by atoms with van der Waals surface area (Å²) in [6.07, 6.45) is -1.79. The molecule has 0 radical (unpaired) electrons. The van der Waals surface area contributed by atoms with Crippen molar-refractivity contribution in [1.82, 2.24) is 19.5 Å². The Labute approximate surface area is 263 Å². The van der Waals surface area contributed by atoms with E-state index < -0.39 is 42.5 Å². The lowest BCUT2D eigenvalue weighted by Crippen LogP contribution is -2.52. The van der Waals surface area contributed by atoms with Crippen molar-refractivity contribution in [2.24, 2.45) is 0 Å². The predicted molar refractivity (Wildman–Crippen MR) is 166 cm³/mol. The minimum absolute atomic E-state index is 0.0103. The zero-order valence-corrected chi connectivity index (χ0v) is 25.4. The van der Waals surface area contributed by atoms with Crippen LogP contribution in [0.25, 0.3) is 11.2 Å². The first-order valence-corrected chi connectivity index (χ1v) is 15.2. The van der Waals surface area contributed by atoms with Crippen molar-refractivity contribution in [3.63, 3.8) is 0 Å². The normalized spacial score (nSPS) is 23.0. The quantitative estimate of drug-likeness (QED) is 0.190. The van der Waals surface area contributed by atoms with Crippen LogP contribution in [-0.2, 0) is 25.4 Å². The number of aliphatic hydroxyl groups is 2. The lowest BCUT2D eigenvalue weighted by molar-refractivity contribution is -0.285. The highest BCUT2D eigenvalue weighted by Gasteiger charge is 2.51. The molecule has 0 bridgehead atoms. The fourth-order valence-corrected chi connectivity index (χ4v) is 6.04. The first kappa shape index (κ1) is 31.1. The number of nitrogens with zero attached hydrogens (tertiary/aromatic N) is 4. The number of hydrogen-bond donors (Lipinski definition) is 4. The molecular weight excluding hydrogens is 604 g/mol. The maximum absolute atomic E-state index is 12.9. The van der Waals surface area contributed by atoms with Gasteiger partial charge >= 0.3 is 0 Å². The summed E-state index contributed by atoms with van der Waals surface area (Å²) in [5, 5.41) is 24.6. The number of fused-ring (bicyclic) bond motifs is 1. The van der Waals surface area contributed by atoms with Gasteiger partial charge in [0, 0.05) is 43.2 Å². The number of carbonyl (C=O) groups excluding carboxylic acids is 1. The minimum atomic E-state index is -1.23. The van der Waals surface area contributed by atoms with Gasteiger partial charge in [-0.2, -0.15) is 4.98 Å². The van der Waals surface area contributed by atoms with Gasteiger partial charge in [-0.3, -0.25) is 24.5 Å². The molecule has 0 aliphatic carbocycles. The maximum atomic E-state index is 12.9. The van der Waals surface area contributed by atoms with Crippen molar-refractivity contribution in [2.45, 2.75) is 56.5 Å². The molecule has 4 heterocycles. The van der Waals surface area contributed by atoms with Crippen molar-refractivity contribution in [1.29, 1.82) is 0 Å². The number of hydrogen-bond acceptors (Lipinski definition) is 10. The molecule has 2 aromatic heterocycles. The van der Waals surface area contributed by atoms with Crippen LogP contribution in [0.1, 0.15) is 31.6 Å². The number of aliphatic hydroxyl groups excluding tert-OH is 2. The van der Waals surface area contributed by atoms with E-state index in [0.717, 1.165) is 11.3 Å². The van der Waals surface area contributed by atoms with Crippen LogP contribution in [0, 0.1) is 0 Å². The van der Waals surface area contributed by atoms with Crippen LogP contribution in [0.3, 0.4) is 0 Å². The van der Waals surface area contributed by atoms with Crippen LogP contribution in [-0.4, -0.2) is 86.0 Å². The van der Waals surface area contributed by atoms with E-state index in [-0.39, 0.29) is 29.4 Å². The second-order valence-corrected chi connectivity index (χ2v) is 11.5. The molecule has 0 saturated carbocycles. The highest BCUT2D eigenvalue weighted by atomic mass is 35.5. The van der Waals surface area contributed by atoms with Gasteiger partial charge < -0.3 is 29.3 Å². The van der Waals surface area contributed by atoms with Gasteiger partial charge in [0.25, 0.3) is 5.56 Å². The van der Waals surface area contributed by atoms with Crippen LogP contribution in [0.15, 0.2) is 65.7 Å². The molecule has 13 nitrogen and oxygen atoms in total. The summed E-state index contributed by atoms with van der Waals surface area (Å²) in [6, 6.07) is 16.8. The SMILES string of the molecule is CCOC1(O[C@@H]2[C@H](O)[C@@H](CO)O[C@H]2n2cnc3c(=O)[nH]c(NC(=O)Cc4ccccc4)nc32)CCN(c2ccc(Cl)cc2)CC1. The van der Waals surface area contributed by atoms with E-state index in [0.29, 0.717) is 37.6 Å². The number of amides is 1. The summed E-state index contributed by atoms with van der Waals surface area (Å²) < 4.78 is 20.4. The van der Waals surface area contributed by atoms with Gasteiger partial charge in [0.05, 0.1) is 19.4 Å². The van der Waals surface area contributed by atoms with E-state index >= 15 is 0 Å². The summed E-state index contributed by atoms with van der Waals surface area (Å²) in [4.78, 5) is 39.1. The Balaban J connectivity index is 1.25. The average molecular weight is 639 g/mol. The Morgan fingerprint density at radius 3 is 2.60 bits per heavy atom. The van der Waals surface area contributed by atoms with Gasteiger partial charge in [-0.05, 0) is 36.8 Å². The number of H-pyrrole nitrogens is 1. The number of piperidine rings is 1. The first-order valence-electron chi connectivity index (χ1n) is 14.9. The summed E-state index contributed by atoms with van der Waals surface area (Å²) in [6.45, 7) is 3.02. The van der Waals surface area contributed by atoms with Crippen LogP contribution in [0.2, 0.25) is 5.02 Å². The molecule has 1 amide bonds. The van der Waals surface area contributed by atoms with Gasteiger partial charge in [0.2, 0.25) is 11.9 Å². The Morgan fingerprint density at radius 1 is 1.18 bits per heavy atom. The Bertz CT molecular complexity index is 1670. The molecule has 4 N–H and O–H groups in total. The Morgan fingerprint density at radius 2 is 1.91 bits per heavy atom. The third-order valence-corrected chi connectivity index (χ3v) is 8.39. The molecule has 45 heavy (non-hydrogen) atoms. The zero-order chi connectivity index (χ0) is 31.6. The van der Waals surface area contributed by atoms with Gasteiger partial charge in [-0.1, -0.05) is 41.9 Å². The molecule has 0 spiro atoms. The molecule has 4 aromatic rings. The molecule has 2 aliphatic heterocycles. The van der Waals surface area contributed by atoms with Gasteiger partial charge in [-0.25, -0.2) is 4.98 Å². The van der Waals surface area contributed by atoms with Gasteiger partial charge in [0.1, 0.15) is 18.3 Å². The maximum Gasteiger partial charge on any atom is 0.280 e. The fourth-order valence-electron chi connectivity index (χ4n) is 5.91. The van der Waals surface area contributed by atoms with Crippen molar-refractivity contribution < 1.29 is 29.2 Å². The molecule has 4 atom stereocenters. The molecule has 2 saturated heterocycles. The third-order valence-electron chi connectivity index (χ3n) is 8.14. The van der Waals surface area contributed by atoms with Crippen molar-refractivity contribution in [3.8, 4) is 0 Å². The van der Waals surface area contributed by atoms with E-state index in [1.807, 2.05) is 61.5 Å².